The summed E-state index contributed by atoms with van der Waals surface area (Å²) in [5.41, 5.74) is -0.889. The van der Waals surface area contributed by atoms with E-state index in [4.69, 9.17) is 4.74 Å². The Morgan fingerprint density at radius 2 is 2.00 bits per heavy atom. The topological polar surface area (TPSA) is 107 Å². The summed E-state index contributed by atoms with van der Waals surface area (Å²) >= 11 is 0. The second kappa shape index (κ2) is 6.48. The van der Waals surface area contributed by atoms with E-state index in [2.05, 4.69) is 0 Å². The zero-order valence-electron chi connectivity index (χ0n) is 13.8. The monoisotopic (exact) mass is 356 g/mol. The third-order valence-electron chi connectivity index (χ3n) is 3.80. The van der Waals surface area contributed by atoms with Crippen molar-refractivity contribution in [1.29, 1.82) is 0 Å². The molecule has 0 amide bonds. The van der Waals surface area contributed by atoms with E-state index in [0.717, 1.165) is 10.4 Å². The summed E-state index contributed by atoms with van der Waals surface area (Å²) in [5, 5.41) is 11.1. The van der Waals surface area contributed by atoms with E-state index >= 15 is 0 Å². The molecular weight excluding hydrogens is 336 g/mol. The first-order valence-corrected chi connectivity index (χ1v) is 8.88. The Kier molecular flexibility index (Phi) is 4.95. The summed E-state index contributed by atoms with van der Waals surface area (Å²) in [6, 6.07) is 5.24. The zero-order valence-corrected chi connectivity index (χ0v) is 14.6. The molecule has 0 aliphatic carbocycles. The lowest BCUT2D eigenvalue weighted by atomic mass is 9.84. The van der Waals surface area contributed by atoms with Crippen molar-refractivity contribution in [3.63, 3.8) is 0 Å². The highest BCUT2D eigenvalue weighted by atomic mass is 32.2. The second-order valence-electron chi connectivity index (χ2n) is 6.62. The number of rotatable bonds is 4. The van der Waals surface area contributed by atoms with Crippen LogP contribution in [-0.2, 0) is 19.6 Å². The van der Waals surface area contributed by atoms with Gasteiger partial charge in [0.05, 0.1) is 11.5 Å². The summed E-state index contributed by atoms with van der Waals surface area (Å²) < 4.78 is 32.2. The van der Waals surface area contributed by atoms with Crippen LogP contribution < -0.4 is 0 Å². The van der Waals surface area contributed by atoms with Gasteiger partial charge in [-0.2, -0.15) is 4.31 Å². The minimum Gasteiger partial charge on any atom is -0.461 e. The normalized spacial score (nSPS) is 21.2. The van der Waals surface area contributed by atoms with Crippen LogP contribution in [0.3, 0.4) is 0 Å². The molecule has 1 aromatic carbocycles. The van der Waals surface area contributed by atoms with Gasteiger partial charge < -0.3 is 4.74 Å². The van der Waals surface area contributed by atoms with Crippen LogP contribution in [0.5, 0.6) is 0 Å². The Bertz CT molecular complexity index is 759. The van der Waals surface area contributed by atoms with Gasteiger partial charge in [0.1, 0.15) is 6.10 Å². The van der Waals surface area contributed by atoms with Crippen molar-refractivity contribution in [3.8, 4) is 0 Å². The molecule has 24 heavy (non-hydrogen) atoms. The molecule has 1 aliphatic rings. The molecule has 1 heterocycles. The number of nitrogens with zero attached hydrogens (tertiary/aromatic N) is 2. The zero-order chi connectivity index (χ0) is 18.1. The van der Waals surface area contributed by atoms with Crippen molar-refractivity contribution in [2.75, 3.05) is 13.1 Å². The number of nitro groups is 1. The predicted molar refractivity (Wildman–Crippen MR) is 85.8 cm³/mol. The van der Waals surface area contributed by atoms with Crippen molar-refractivity contribution in [2.24, 2.45) is 5.41 Å². The Morgan fingerprint density at radius 1 is 1.38 bits per heavy atom. The molecule has 1 fully saturated rings. The lowest BCUT2D eigenvalue weighted by Crippen LogP contribution is -2.50. The number of benzene rings is 1. The Hall–Kier alpha value is -2.00. The third kappa shape index (κ3) is 3.90. The molecule has 2 rings (SSSR count). The van der Waals surface area contributed by atoms with Crippen LogP contribution >= 0.6 is 0 Å². The standard InChI is InChI=1S/C15H20N2O6S/c1-11(18)23-12-8-15(2,3)10-16(9-12)24(21,22)14-7-5-4-6-13(14)17(19)20/h4-7,12H,8-10H2,1-3H3. The van der Waals surface area contributed by atoms with Crippen LogP contribution in [-0.4, -0.2) is 42.8 Å². The van der Waals surface area contributed by atoms with E-state index in [1.165, 1.54) is 25.1 Å². The molecule has 0 bridgehead atoms. The Morgan fingerprint density at radius 3 is 2.58 bits per heavy atom. The number of piperidine rings is 1. The number of hydrogen-bond acceptors (Lipinski definition) is 6. The van der Waals surface area contributed by atoms with E-state index in [9.17, 15) is 23.3 Å². The Balaban J connectivity index is 2.41. The van der Waals surface area contributed by atoms with Gasteiger partial charge in [0.2, 0.25) is 10.0 Å². The minimum absolute atomic E-state index is 0.0165. The summed E-state index contributed by atoms with van der Waals surface area (Å²) in [7, 11) is -4.08. The molecule has 1 aromatic rings. The fourth-order valence-electron chi connectivity index (χ4n) is 2.98. The molecule has 1 saturated heterocycles. The minimum atomic E-state index is -4.08. The van der Waals surface area contributed by atoms with E-state index in [0.29, 0.717) is 6.42 Å². The lowest BCUT2D eigenvalue weighted by Gasteiger charge is -2.40. The maximum atomic E-state index is 12.9. The number of para-hydroxylation sites is 1. The predicted octanol–water partition coefficient (Wildman–Crippen LogP) is 1.95. The average molecular weight is 356 g/mol. The van der Waals surface area contributed by atoms with Gasteiger partial charge in [-0.3, -0.25) is 14.9 Å². The number of carbonyl (C=O) groups is 1. The van der Waals surface area contributed by atoms with Crippen LogP contribution in [0.2, 0.25) is 0 Å². The number of nitro benzene ring substituents is 1. The second-order valence-corrected chi connectivity index (χ2v) is 8.53. The van der Waals surface area contributed by atoms with Gasteiger partial charge >= 0.3 is 5.97 Å². The summed E-state index contributed by atoms with van der Waals surface area (Å²) in [5.74, 6) is -0.485. The number of sulfonamides is 1. The number of hydrogen-bond donors (Lipinski definition) is 0. The van der Waals surface area contributed by atoms with Gasteiger partial charge in [0.15, 0.2) is 4.90 Å². The summed E-state index contributed by atoms with van der Waals surface area (Å²) in [6.07, 6.45) is -0.0565. The highest BCUT2D eigenvalue weighted by molar-refractivity contribution is 7.89. The molecule has 8 nitrogen and oxygen atoms in total. The molecule has 1 unspecified atom stereocenters. The first kappa shape index (κ1) is 18.3. The molecule has 0 spiro atoms. The SMILES string of the molecule is CC(=O)OC1CN(S(=O)(=O)c2ccccc2[N+](=O)[O-])CC(C)(C)C1. The van der Waals surface area contributed by atoms with E-state index in [1.807, 2.05) is 13.8 Å². The molecule has 9 heteroatoms. The van der Waals surface area contributed by atoms with Gasteiger partial charge in [0.25, 0.3) is 5.69 Å². The first-order chi connectivity index (χ1) is 11.0. The molecule has 0 N–H and O–H groups in total. The highest BCUT2D eigenvalue weighted by Gasteiger charge is 2.41. The molecule has 132 valence electrons. The van der Waals surface area contributed by atoms with Crippen molar-refractivity contribution in [1.82, 2.24) is 4.31 Å². The fraction of sp³-hybridized carbons (Fsp3) is 0.533. The molecule has 0 aromatic heterocycles. The summed E-state index contributed by atoms with van der Waals surface area (Å²) in [4.78, 5) is 21.3. The average Bonchev–Trinajstić information content (AvgIpc) is 2.44. The maximum absolute atomic E-state index is 12.9. The van der Waals surface area contributed by atoms with Crippen LogP contribution in [0.15, 0.2) is 29.2 Å². The van der Waals surface area contributed by atoms with Crippen molar-refractivity contribution < 1.29 is 22.9 Å². The molecule has 1 atom stereocenters. The van der Waals surface area contributed by atoms with Crippen LogP contribution in [0, 0.1) is 15.5 Å². The van der Waals surface area contributed by atoms with Gasteiger partial charge in [-0.15, -0.1) is 0 Å². The van der Waals surface area contributed by atoms with Gasteiger partial charge in [0, 0.05) is 19.5 Å². The highest BCUT2D eigenvalue weighted by Crippen LogP contribution is 2.35. The van der Waals surface area contributed by atoms with Crippen molar-refractivity contribution in [2.45, 2.75) is 38.2 Å². The maximum Gasteiger partial charge on any atom is 0.302 e. The van der Waals surface area contributed by atoms with Gasteiger partial charge in [-0.25, -0.2) is 8.42 Å². The summed E-state index contributed by atoms with van der Waals surface area (Å²) in [6.45, 7) is 5.17. The number of ether oxygens (including phenoxy) is 1. The molecule has 1 aliphatic heterocycles. The molecule has 0 saturated carbocycles. The van der Waals surface area contributed by atoms with Crippen molar-refractivity contribution in [3.05, 3.63) is 34.4 Å². The molecule has 0 radical (unpaired) electrons. The first-order valence-electron chi connectivity index (χ1n) is 7.44. The fourth-order valence-corrected chi connectivity index (χ4v) is 4.79. The van der Waals surface area contributed by atoms with E-state index in [1.54, 1.807) is 0 Å². The van der Waals surface area contributed by atoms with Crippen LogP contribution in [0.1, 0.15) is 27.2 Å². The lowest BCUT2D eigenvalue weighted by molar-refractivity contribution is -0.387. The third-order valence-corrected chi connectivity index (χ3v) is 5.66. The molecular formula is C15H20N2O6S. The van der Waals surface area contributed by atoms with Crippen molar-refractivity contribution >= 4 is 21.7 Å². The number of esters is 1. The van der Waals surface area contributed by atoms with Gasteiger partial charge in [-0.05, 0) is 17.9 Å². The van der Waals surface area contributed by atoms with E-state index in [-0.39, 0.29) is 18.0 Å². The van der Waals surface area contributed by atoms with Gasteiger partial charge in [-0.1, -0.05) is 26.0 Å². The van der Waals surface area contributed by atoms with Crippen LogP contribution in [0.25, 0.3) is 0 Å². The van der Waals surface area contributed by atoms with E-state index < -0.39 is 38.1 Å². The number of carbonyl (C=O) groups excluding carboxylic acids is 1. The van der Waals surface area contributed by atoms with Crippen LogP contribution in [0.4, 0.5) is 5.69 Å². The quantitative estimate of drug-likeness (QED) is 0.464. The largest absolute Gasteiger partial charge is 0.461 e. The Labute approximate surface area is 140 Å². The smallest absolute Gasteiger partial charge is 0.302 e.